The van der Waals surface area contributed by atoms with E-state index in [0.717, 1.165) is 21.6 Å². The molecule has 0 aliphatic carbocycles. The molecule has 0 unspecified atom stereocenters. The van der Waals surface area contributed by atoms with Gasteiger partial charge in [-0.25, -0.2) is 9.97 Å². The van der Waals surface area contributed by atoms with Crippen molar-refractivity contribution in [3.8, 4) is 22.9 Å². The summed E-state index contributed by atoms with van der Waals surface area (Å²) in [5, 5.41) is 4.00. The Morgan fingerprint density at radius 1 is 0.808 bits per heavy atom. The number of halogens is 1. The summed E-state index contributed by atoms with van der Waals surface area (Å²) in [5.74, 6) is 0.823. The van der Waals surface area contributed by atoms with Crippen molar-refractivity contribution >= 4 is 28.1 Å². The maximum atomic E-state index is 5.28. The lowest BCUT2D eigenvalue weighted by Crippen LogP contribution is -1.90. The molecule has 0 aromatic carbocycles. The molecule has 7 heteroatoms. The molecule has 0 spiro atoms. The molecule has 4 aromatic rings. The van der Waals surface area contributed by atoms with Gasteiger partial charge in [-0.3, -0.25) is 4.98 Å². The van der Waals surface area contributed by atoms with Crippen molar-refractivity contribution in [2.75, 3.05) is 0 Å². The maximum absolute atomic E-state index is 5.28. The van der Waals surface area contributed by atoms with Gasteiger partial charge >= 0.3 is 0 Å². The predicted octanol–water partition coefficient (Wildman–Crippen LogP) is 4.52. The van der Waals surface area contributed by atoms with Crippen LogP contribution in [0.4, 0.5) is 0 Å². The van der Waals surface area contributed by atoms with E-state index in [9.17, 15) is 0 Å². The lowest BCUT2D eigenvalue weighted by Gasteiger charge is -2.00. The van der Waals surface area contributed by atoms with Crippen LogP contribution in [0.2, 0.25) is 0 Å². The molecule has 4 rings (SSSR count). The van der Waals surface area contributed by atoms with Gasteiger partial charge in [0.25, 0.3) is 5.89 Å². The molecule has 0 aliphatic heterocycles. The van der Waals surface area contributed by atoms with E-state index >= 15 is 0 Å². The first-order valence-electron chi connectivity index (χ1n) is 7.80. The second-order valence-corrected chi connectivity index (χ2v) is 6.14. The predicted molar refractivity (Wildman–Crippen MR) is 102 cm³/mol. The highest BCUT2D eigenvalue weighted by Gasteiger charge is 2.10. The van der Waals surface area contributed by atoms with Crippen LogP contribution in [-0.4, -0.2) is 25.1 Å². The van der Waals surface area contributed by atoms with Gasteiger partial charge in [-0.1, -0.05) is 23.4 Å². The molecule has 126 valence electrons. The molecule has 0 saturated carbocycles. The third kappa shape index (κ3) is 3.73. The maximum Gasteiger partial charge on any atom is 0.251 e. The minimum absolute atomic E-state index is 0.396. The average Bonchev–Trinajstić information content (AvgIpc) is 3.18. The van der Waals surface area contributed by atoms with Crippen LogP contribution in [0.1, 0.15) is 11.5 Å². The number of rotatable bonds is 4. The van der Waals surface area contributed by atoms with E-state index in [4.69, 9.17) is 4.52 Å². The second kappa shape index (κ2) is 7.37. The van der Waals surface area contributed by atoms with Gasteiger partial charge in [0.1, 0.15) is 10.3 Å². The van der Waals surface area contributed by atoms with E-state index in [1.54, 1.807) is 18.5 Å². The molecule has 6 nitrogen and oxygen atoms in total. The van der Waals surface area contributed by atoms with Crippen molar-refractivity contribution < 1.29 is 4.52 Å². The topological polar surface area (TPSA) is 77.6 Å². The number of pyridine rings is 3. The number of hydrogen-bond donors (Lipinski definition) is 0. The average molecular weight is 406 g/mol. The smallest absolute Gasteiger partial charge is 0.251 e. The van der Waals surface area contributed by atoms with Crippen LogP contribution in [0.3, 0.4) is 0 Å². The Morgan fingerprint density at radius 2 is 1.69 bits per heavy atom. The quantitative estimate of drug-likeness (QED) is 0.464. The zero-order valence-electron chi connectivity index (χ0n) is 13.5. The normalized spacial score (nSPS) is 11.1. The Bertz CT molecular complexity index is 1040. The Balaban J connectivity index is 1.57. The first-order valence-corrected chi connectivity index (χ1v) is 8.59. The summed E-state index contributed by atoms with van der Waals surface area (Å²) in [6, 6.07) is 15.1. The Morgan fingerprint density at radius 3 is 2.50 bits per heavy atom. The third-order valence-corrected chi connectivity index (χ3v) is 3.98. The van der Waals surface area contributed by atoms with Crippen LogP contribution in [0, 0.1) is 0 Å². The Kier molecular flexibility index (Phi) is 4.61. The van der Waals surface area contributed by atoms with Crippen molar-refractivity contribution in [2.45, 2.75) is 0 Å². The molecule has 4 heterocycles. The van der Waals surface area contributed by atoms with E-state index in [-0.39, 0.29) is 0 Å². The van der Waals surface area contributed by atoms with Gasteiger partial charge in [0, 0.05) is 18.5 Å². The van der Waals surface area contributed by atoms with Gasteiger partial charge in [0.2, 0.25) is 5.82 Å². The van der Waals surface area contributed by atoms with Gasteiger partial charge in [-0.05, 0) is 57.9 Å². The van der Waals surface area contributed by atoms with Crippen molar-refractivity contribution in [1.29, 1.82) is 0 Å². The fourth-order valence-corrected chi connectivity index (χ4v) is 2.51. The highest BCUT2D eigenvalue weighted by atomic mass is 79.9. The molecule has 4 aromatic heterocycles. The second-order valence-electron chi connectivity index (χ2n) is 5.33. The third-order valence-electron chi connectivity index (χ3n) is 3.52. The SMILES string of the molecule is Brc1ccc(/C=C/c2nc(-c3cccc(-c4ccccn4)n3)no2)cn1. The zero-order valence-corrected chi connectivity index (χ0v) is 15.0. The van der Waals surface area contributed by atoms with Crippen LogP contribution in [0.25, 0.3) is 35.1 Å². The van der Waals surface area contributed by atoms with Crippen molar-refractivity contribution in [3.05, 3.63) is 77.0 Å². The molecule has 0 fully saturated rings. The molecule has 0 N–H and O–H groups in total. The molecule has 0 bridgehead atoms. The lowest BCUT2D eigenvalue weighted by molar-refractivity contribution is 0.411. The van der Waals surface area contributed by atoms with Crippen LogP contribution >= 0.6 is 15.9 Å². The van der Waals surface area contributed by atoms with E-state index in [1.807, 2.05) is 54.6 Å². The van der Waals surface area contributed by atoms with Crippen LogP contribution < -0.4 is 0 Å². The minimum atomic E-state index is 0.396. The number of nitrogens with zero attached hydrogens (tertiary/aromatic N) is 5. The van der Waals surface area contributed by atoms with Crippen LogP contribution in [-0.2, 0) is 0 Å². The van der Waals surface area contributed by atoms with E-state index in [2.05, 4.69) is 41.0 Å². The summed E-state index contributed by atoms with van der Waals surface area (Å²) >= 11 is 3.31. The van der Waals surface area contributed by atoms with E-state index < -0.39 is 0 Å². The summed E-state index contributed by atoms with van der Waals surface area (Å²) in [4.78, 5) is 17.4. The highest BCUT2D eigenvalue weighted by Crippen LogP contribution is 2.19. The molecule has 0 saturated heterocycles. The standard InChI is InChI=1S/C19H12BrN5O/c20-17-9-7-13(12-22-17)8-10-18-24-19(25-26-18)16-6-3-5-15(23-16)14-4-1-2-11-21-14/h1-12H/b10-8+. The van der Waals surface area contributed by atoms with Crippen LogP contribution in [0.15, 0.2) is 70.1 Å². The monoisotopic (exact) mass is 405 g/mol. The molecular weight excluding hydrogens is 394 g/mol. The van der Waals surface area contributed by atoms with E-state index in [1.165, 1.54) is 0 Å². The van der Waals surface area contributed by atoms with Crippen LogP contribution in [0.5, 0.6) is 0 Å². The number of aromatic nitrogens is 5. The van der Waals surface area contributed by atoms with Crippen molar-refractivity contribution in [1.82, 2.24) is 25.1 Å². The molecule has 0 amide bonds. The molecule has 0 aliphatic rings. The Hall–Kier alpha value is -3.19. The molecule has 26 heavy (non-hydrogen) atoms. The zero-order chi connectivity index (χ0) is 17.8. The van der Waals surface area contributed by atoms with Crippen molar-refractivity contribution in [2.24, 2.45) is 0 Å². The lowest BCUT2D eigenvalue weighted by atomic mass is 10.2. The summed E-state index contributed by atoms with van der Waals surface area (Å²) < 4.78 is 6.06. The molecule has 0 radical (unpaired) electrons. The number of hydrogen-bond acceptors (Lipinski definition) is 6. The first kappa shape index (κ1) is 16.3. The van der Waals surface area contributed by atoms with Crippen molar-refractivity contribution in [3.63, 3.8) is 0 Å². The fraction of sp³-hybridized carbons (Fsp3) is 0. The first-order chi connectivity index (χ1) is 12.8. The summed E-state index contributed by atoms with van der Waals surface area (Å²) in [6.45, 7) is 0. The van der Waals surface area contributed by atoms with Gasteiger partial charge in [0.05, 0.1) is 11.4 Å². The summed E-state index contributed by atoms with van der Waals surface area (Å²) in [6.07, 6.45) is 7.08. The van der Waals surface area contributed by atoms with Gasteiger partial charge in [-0.2, -0.15) is 4.98 Å². The minimum Gasteiger partial charge on any atom is -0.334 e. The Labute approximate surface area is 157 Å². The molecule has 0 atom stereocenters. The van der Waals surface area contributed by atoms with Gasteiger partial charge < -0.3 is 4.52 Å². The highest BCUT2D eigenvalue weighted by molar-refractivity contribution is 9.10. The fourth-order valence-electron chi connectivity index (χ4n) is 2.28. The van der Waals surface area contributed by atoms with Gasteiger partial charge in [-0.15, -0.1) is 0 Å². The molecular formula is C19H12BrN5O. The summed E-state index contributed by atoms with van der Waals surface area (Å²) in [5.41, 5.74) is 3.11. The summed E-state index contributed by atoms with van der Waals surface area (Å²) in [7, 11) is 0. The van der Waals surface area contributed by atoms with Gasteiger partial charge in [0.15, 0.2) is 0 Å². The largest absolute Gasteiger partial charge is 0.334 e. The van der Waals surface area contributed by atoms with E-state index in [0.29, 0.717) is 17.4 Å².